The third-order valence-electron chi connectivity index (χ3n) is 3.70. The van der Waals surface area contributed by atoms with Gasteiger partial charge in [0.05, 0.1) is 12.2 Å². The number of aliphatic hydroxyl groups is 1. The first-order valence-electron chi connectivity index (χ1n) is 7.20. The number of nitrogens with one attached hydrogen (secondary N) is 2. The van der Waals surface area contributed by atoms with Gasteiger partial charge in [-0.1, -0.05) is 12.1 Å². The Morgan fingerprint density at radius 1 is 1.26 bits per heavy atom. The first-order valence-corrected chi connectivity index (χ1v) is 7.20. The van der Waals surface area contributed by atoms with E-state index in [9.17, 15) is 14.0 Å². The van der Waals surface area contributed by atoms with Gasteiger partial charge in [0.25, 0.3) is 5.91 Å². The maximum atomic E-state index is 14.2. The number of anilines is 2. The Balaban J connectivity index is 1.86. The second-order valence-corrected chi connectivity index (χ2v) is 5.35. The van der Waals surface area contributed by atoms with Crippen molar-refractivity contribution in [2.24, 2.45) is 0 Å². The summed E-state index contributed by atoms with van der Waals surface area (Å²) < 4.78 is 14.2. The van der Waals surface area contributed by atoms with Crippen LogP contribution in [0.15, 0.2) is 36.4 Å². The summed E-state index contributed by atoms with van der Waals surface area (Å²) in [6.45, 7) is -0.142. The average molecular weight is 314 g/mol. The monoisotopic (exact) mass is 314 g/mol. The third kappa shape index (κ3) is 3.22. The lowest BCUT2D eigenvalue weighted by molar-refractivity contribution is -0.116. The highest BCUT2D eigenvalue weighted by molar-refractivity contribution is 6.05. The highest BCUT2D eigenvalue weighted by Gasteiger charge is 2.20. The van der Waals surface area contributed by atoms with Gasteiger partial charge in [-0.15, -0.1) is 0 Å². The van der Waals surface area contributed by atoms with Gasteiger partial charge in [-0.3, -0.25) is 9.59 Å². The van der Waals surface area contributed by atoms with Crippen LogP contribution in [0.5, 0.6) is 0 Å². The molecule has 0 unspecified atom stereocenters. The Kier molecular flexibility index (Phi) is 4.08. The largest absolute Gasteiger partial charge is 0.392 e. The number of benzene rings is 2. The zero-order valence-electron chi connectivity index (χ0n) is 12.2. The molecule has 0 spiro atoms. The number of aliphatic hydroxyl groups excluding tert-OH is 1. The van der Waals surface area contributed by atoms with Crippen LogP contribution in [-0.4, -0.2) is 16.9 Å². The second kappa shape index (κ2) is 6.18. The standard InChI is InChI=1S/C17H15FN2O3/c18-14-8-15-11(4-5-16(22)20-15)7-13(14)17(23)19-12-3-1-2-10(6-12)9-21/h1-3,6-8,21H,4-5,9H2,(H,19,23)(H,20,22). The van der Waals surface area contributed by atoms with Crippen molar-refractivity contribution in [3.05, 3.63) is 58.9 Å². The predicted octanol–water partition coefficient (Wildman–Crippen LogP) is 2.46. The van der Waals surface area contributed by atoms with Crippen molar-refractivity contribution in [2.45, 2.75) is 19.4 Å². The zero-order valence-corrected chi connectivity index (χ0v) is 12.2. The van der Waals surface area contributed by atoms with Crippen LogP contribution < -0.4 is 10.6 Å². The lowest BCUT2D eigenvalue weighted by atomic mass is 9.99. The minimum atomic E-state index is -0.693. The van der Waals surface area contributed by atoms with E-state index in [0.717, 1.165) is 5.56 Å². The summed E-state index contributed by atoms with van der Waals surface area (Å²) in [4.78, 5) is 23.6. The number of carbonyl (C=O) groups is 2. The maximum Gasteiger partial charge on any atom is 0.258 e. The van der Waals surface area contributed by atoms with Crippen LogP contribution >= 0.6 is 0 Å². The van der Waals surface area contributed by atoms with E-state index in [0.29, 0.717) is 29.8 Å². The average Bonchev–Trinajstić information content (AvgIpc) is 2.54. The van der Waals surface area contributed by atoms with Crippen LogP contribution in [0, 0.1) is 5.82 Å². The molecule has 0 fully saturated rings. The number of halogens is 1. The van der Waals surface area contributed by atoms with E-state index in [-0.39, 0.29) is 18.1 Å². The summed E-state index contributed by atoms with van der Waals surface area (Å²) in [6, 6.07) is 9.33. The number of amides is 2. The molecule has 2 amide bonds. The van der Waals surface area contributed by atoms with E-state index in [1.807, 2.05) is 0 Å². The van der Waals surface area contributed by atoms with Gasteiger partial charge in [0.15, 0.2) is 0 Å². The highest BCUT2D eigenvalue weighted by Crippen LogP contribution is 2.26. The molecule has 5 nitrogen and oxygen atoms in total. The molecular formula is C17H15FN2O3. The molecule has 1 heterocycles. The van der Waals surface area contributed by atoms with Crippen LogP contribution in [0.25, 0.3) is 0 Å². The zero-order chi connectivity index (χ0) is 16.4. The number of rotatable bonds is 3. The summed E-state index contributed by atoms with van der Waals surface area (Å²) in [5.41, 5.74) is 2.20. The molecule has 0 bridgehead atoms. The van der Waals surface area contributed by atoms with Gasteiger partial charge >= 0.3 is 0 Å². The molecule has 3 rings (SSSR count). The van der Waals surface area contributed by atoms with E-state index in [1.54, 1.807) is 24.3 Å². The molecule has 1 aliphatic heterocycles. The Bertz CT molecular complexity index is 789. The summed E-state index contributed by atoms with van der Waals surface area (Å²) in [5, 5.41) is 14.3. The van der Waals surface area contributed by atoms with Crippen molar-refractivity contribution in [1.29, 1.82) is 0 Å². The number of hydrogen-bond acceptors (Lipinski definition) is 3. The fourth-order valence-corrected chi connectivity index (χ4v) is 2.52. The lowest BCUT2D eigenvalue weighted by Gasteiger charge is -2.18. The topological polar surface area (TPSA) is 78.4 Å². The van der Waals surface area contributed by atoms with Gasteiger partial charge < -0.3 is 15.7 Å². The summed E-state index contributed by atoms with van der Waals surface area (Å²) in [5.74, 6) is -1.42. The number of carbonyl (C=O) groups excluding carboxylic acids is 2. The van der Waals surface area contributed by atoms with Crippen LogP contribution in [-0.2, 0) is 17.8 Å². The van der Waals surface area contributed by atoms with Gasteiger partial charge in [0.1, 0.15) is 5.82 Å². The highest BCUT2D eigenvalue weighted by atomic mass is 19.1. The SMILES string of the molecule is O=C1CCc2cc(C(=O)Nc3cccc(CO)c3)c(F)cc2N1. The van der Waals surface area contributed by atoms with Crippen LogP contribution in [0.4, 0.5) is 15.8 Å². The molecule has 23 heavy (non-hydrogen) atoms. The molecule has 0 saturated carbocycles. The summed E-state index contributed by atoms with van der Waals surface area (Å²) in [7, 11) is 0. The molecule has 0 aliphatic carbocycles. The van der Waals surface area contributed by atoms with Crippen LogP contribution in [0.3, 0.4) is 0 Å². The first-order chi connectivity index (χ1) is 11.1. The molecule has 3 N–H and O–H groups in total. The Labute approximate surface area is 132 Å². The minimum absolute atomic E-state index is 0.0747. The molecule has 1 aliphatic rings. The van der Waals surface area contributed by atoms with Crippen molar-refractivity contribution in [1.82, 2.24) is 0 Å². The normalized spacial score (nSPS) is 13.2. The van der Waals surface area contributed by atoms with E-state index >= 15 is 0 Å². The Hall–Kier alpha value is -2.73. The molecule has 118 valence electrons. The molecular weight excluding hydrogens is 299 g/mol. The lowest BCUT2D eigenvalue weighted by Crippen LogP contribution is -2.21. The summed E-state index contributed by atoms with van der Waals surface area (Å²) in [6.07, 6.45) is 0.792. The third-order valence-corrected chi connectivity index (χ3v) is 3.70. The second-order valence-electron chi connectivity index (χ2n) is 5.35. The molecule has 0 aromatic heterocycles. The van der Waals surface area contributed by atoms with Crippen molar-refractivity contribution in [2.75, 3.05) is 10.6 Å². The molecule has 0 radical (unpaired) electrons. The maximum absolute atomic E-state index is 14.2. The quantitative estimate of drug-likeness (QED) is 0.814. The van der Waals surface area contributed by atoms with Gasteiger partial charge in [-0.2, -0.15) is 0 Å². The number of hydrogen-bond donors (Lipinski definition) is 3. The molecule has 0 atom stereocenters. The Morgan fingerprint density at radius 2 is 2.09 bits per heavy atom. The van der Waals surface area contributed by atoms with Crippen molar-refractivity contribution in [3.63, 3.8) is 0 Å². The van der Waals surface area contributed by atoms with Crippen molar-refractivity contribution >= 4 is 23.2 Å². The van der Waals surface area contributed by atoms with E-state index in [4.69, 9.17) is 5.11 Å². The molecule has 6 heteroatoms. The smallest absolute Gasteiger partial charge is 0.258 e. The number of fused-ring (bicyclic) bond motifs is 1. The van der Waals surface area contributed by atoms with Gasteiger partial charge in [-0.05, 0) is 41.8 Å². The van der Waals surface area contributed by atoms with E-state index < -0.39 is 11.7 Å². The minimum Gasteiger partial charge on any atom is -0.392 e. The van der Waals surface area contributed by atoms with E-state index in [2.05, 4.69) is 10.6 Å². The fraction of sp³-hybridized carbons (Fsp3) is 0.176. The van der Waals surface area contributed by atoms with E-state index in [1.165, 1.54) is 12.1 Å². The van der Waals surface area contributed by atoms with Gasteiger partial charge in [-0.25, -0.2) is 4.39 Å². The van der Waals surface area contributed by atoms with Crippen molar-refractivity contribution < 1.29 is 19.1 Å². The Morgan fingerprint density at radius 3 is 2.87 bits per heavy atom. The van der Waals surface area contributed by atoms with Crippen molar-refractivity contribution in [3.8, 4) is 0 Å². The number of aryl methyl sites for hydroxylation is 1. The molecule has 0 saturated heterocycles. The summed E-state index contributed by atoms with van der Waals surface area (Å²) >= 11 is 0. The van der Waals surface area contributed by atoms with Gasteiger partial charge in [0.2, 0.25) is 5.91 Å². The van der Waals surface area contributed by atoms with Crippen LogP contribution in [0.1, 0.15) is 27.9 Å². The molecule has 2 aromatic carbocycles. The molecule has 2 aromatic rings. The van der Waals surface area contributed by atoms with Gasteiger partial charge in [0, 0.05) is 17.8 Å². The predicted molar refractivity (Wildman–Crippen MR) is 83.7 cm³/mol. The first kappa shape index (κ1) is 15.2. The fourth-order valence-electron chi connectivity index (χ4n) is 2.52. The van der Waals surface area contributed by atoms with Crippen LogP contribution in [0.2, 0.25) is 0 Å².